The molecule has 1 unspecified atom stereocenters. The van der Waals surface area contributed by atoms with Crippen molar-refractivity contribution in [2.45, 2.75) is 25.7 Å². The van der Waals surface area contributed by atoms with Gasteiger partial charge < -0.3 is 9.80 Å². The van der Waals surface area contributed by atoms with Crippen LogP contribution in [-0.2, 0) is 16.6 Å². The summed E-state index contributed by atoms with van der Waals surface area (Å²) in [4.78, 5) is 28.6. The van der Waals surface area contributed by atoms with Crippen molar-refractivity contribution < 1.29 is 9.59 Å². The van der Waals surface area contributed by atoms with Crippen molar-refractivity contribution in [3.05, 3.63) is 23.4 Å². The molecule has 2 aromatic rings. The van der Waals surface area contributed by atoms with E-state index in [1.165, 1.54) is 11.3 Å². The highest BCUT2D eigenvalue weighted by atomic mass is 16.2. The maximum absolute atomic E-state index is 12.4. The fraction of sp³-hybridized carbons (Fsp3) is 0.526. The van der Waals surface area contributed by atoms with Crippen molar-refractivity contribution in [2.75, 3.05) is 38.1 Å². The average molecular weight is 355 g/mol. The number of likely N-dealkylation sites (N-methyl/N-ethyl adjacent to an activating group) is 1. The summed E-state index contributed by atoms with van der Waals surface area (Å²) in [5, 5.41) is 8.18. The number of anilines is 1. The number of fused-ring (bicyclic) bond motifs is 1. The lowest BCUT2D eigenvalue weighted by molar-refractivity contribution is -0.134. The van der Waals surface area contributed by atoms with Crippen molar-refractivity contribution in [3.63, 3.8) is 0 Å². The van der Waals surface area contributed by atoms with E-state index in [0.29, 0.717) is 12.8 Å². The lowest BCUT2D eigenvalue weighted by atomic mass is 9.92. The zero-order valence-corrected chi connectivity index (χ0v) is 15.6. The van der Waals surface area contributed by atoms with Crippen LogP contribution in [0.2, 0.25) is 0 Å². The maximum Gasteiger partial charge on any atom is 0.235 e. The van der Waals surface area contributed by atoms with Crippen molar-refractivity contribution in [2.24, 2.45) is 7.05 Å². The normalized spacial score (nSPS) is 22.1. The van der Waals surface area contributed by atoms with Gasteiger partial charge in [-0.25, -0.2) is 0 Å². The average Bonchev–Trinajstić information content (AvgIpc) is 2.93. The Morgan fingerprint density at radius 3 is 2.54 bits per heavy atom. The number of hydrogen-bond donors (Lipinski definition) is 1. The van der Waals surface area contributed by atoms with Gasteiger partial charge in [0.05, 0.1) is 22.8 Å². The lowest BCUT2D eigenvalue weighted by Crippen LogP contribution is -2.44. The maximum atomic E-state index is 12.4. The van der Waals surface area contributed by atoms with Crippen LogP contribution in [0.25, 0.3) is 10.9 Å². The molecule has 26 heavy (non-hydrogen) atoms. The van der Waals surface area contributed by atoms with Crippen LogP contribution in [0, 0.1) is 6.92 Å². The highest BCUT2D eigenvalue weighted by molar-refractivity contribution is 6.04. The number of nitrogens with zero attached hydrogens (tertiary/aromatic N) is 4. The molecule has 1 aromatic heterocycles. The Labute approximate surface area is 152 Å². The fourth-order valence-electron chi connectivity index (χ4n) is 4.12. The second-order valence-corrected chi connectivity index (χ2v) is 7.43. The molecule has 7 nitrogen and oxygen atoms in total. The summed E-state index contributed by atoms with van der Waals surface area (Å²) >= 11 is 0. The smallest absolute Gasteiger partial charge is 0.235 e. The number of piperidine rings is 1. The van der Waals surface area contributed by atoms with Gasteiger partial charge in [0.1, 0.15) is 0 Å². The van der Waals surface area contributed by atoms with Crippen LogP contribution in [-0.4, -0.2) is 59.7 Å². The van der Waals surface area contributed by atoms with Gasteiger partial charge in [-0.1, -0.05) is 12.1 Å². The van der Waals surface area contributed by atoms with Gasteiger partial charge >= 0.3 is 0 Å². The number of imide groups is 1. The third-order valence-corrected chi connectivity index (χ3v) is 5.60. The summed E-state index contributed by atoms with van der Waals surface area (Å²) < 4.78 is 1.90. The molecule has 2 amide bonds. The van der Waals surface area contributed by atoms with Gasteiger partial charge in [0.25, 0.3) is 0 Å². The molecule has 0 saturated carbocycles. The molecule has 3 heterocycles. The van der Waals surface area contributed by atoms with Gasteiger partial charge in [0.2, 0.25) is 11.8 Å². The zero-order chi connectivity index (χ0) is 18.4. The summed E-state index contributed by atoms with van der Waals surface area (Å²) in [6.45, 7) is 6.16. The number of carbonyl (C=O) groups excluding carboxylic acids is 2. The molecule has 1 atom stereocenters. The molecule has 0 radical (unpaired) electrons. The van der Waals surface area contributed by atoms with Crippen LogP contribution < -0.4 is 10.2 Å². The van der Waals surface area contributed by atoms with E-state index in [4.69, 9.17) is 5.10 Å². The van der Waals surface area contributed by atoms with Gasteiger partial charge in [0, 0.05) is 45.0 Å². The molecule has 0 bridgehead atoms. The van der Waals surface area contributed by atoms with Crippen LogP contribution in [0.1, 0.15) is 30.0 Å². The molecule has 4 rings (SSSR count). The zero-order valence-electron chi connectivity index (χ0n) is 15.6. The second kappa shape index (κ2) is 6.39. The van der Waals surface area contributed by atoms with Crippen molar-refractivity contribution in [1.29, 1.82) is 0 Å². The first-order valence-corrected chi connectivity index (χ1v) is 9.19. The topological polar surface area (TPSA) is 70.5 Å². The number of benzene rings is 1. The number of aryl methyl sites for hydroxylation is 2. The minimum Gasteiger partial charge on any atom is -0.367 e. The molecule has 2 saturated heterocycles. The van der Waals surface area contributed by atoms with E-state index in [1.54, 1.807) is 0 Å². The molecule has 7 heteroatoms. The summed E-state index contributed by atoms with van der Waals surface area (Å²) in [5.41, 5.74) is 4.29. The molecule has 138 valence electrons. The summed E-state index contributed by atoms with van der Waals surface area (Å²) in [7, 11) is 4.09. The number of amides is 2. The SMILES string of the molecule is Cc1ccc2c(C3CCC(=O)NC3=O)nn(C)c2c1N1CCN(C)CC1. The largest absolute Gasteiger partial charge is 0.367 e. The molecule has 2 fully saturated rings. The Morgan fingerprint density at radius 2 is 1.85 bits per heavy atom. The van der Waals surface area contributed by atoms with E-state index in [9.17, 15) is 9.59 Å². The van der Waals surface area contributed by atoms with E-state index in [0.717, 1.165) is 42.8 Å². The van der Waals surface area contributed by atoms with Crippen molar-refractivity contribution in [3.8, 4) is 0 Å². The summed E-state index contributed by atoms with van der Waals surface area (Å²) in [5.74, 6) is -0.789. The standard InChI is InChI=1S/C19H25N5O2/c1-12-4-5-13-16(14-6-7-15(25)20-19(14)26)21-23(3)18(13)17(12)24-10-8-22(2)9-11-24/h4-5,14H,6-11H2,1-3H3,(H,20,25,26). The predicted octanol–water partition coefficient (Wildman–Crippen LogP) is 1.15. The number of carbonyl (C=O) groups is 2. The minimum absolute atomic E-state index is 0.194. The van der Waals surface area contributed by atoms with Gasteiger partial charge in [-0.15, -0.1) is 0 Å². The highest BCUT2D eigenvalue weighted by Crippen LogP contribution is 2.36. The van der Waals surface area contributed by atoms with E-state index < -0.39 is 0 Å². The Kier molecular flexibility index (Phi) is 4.19. The van der Waals surface area contributed by atoms with E-state index in [-0.39, 0.29) is 17.7 Å². The Bertz CT molecular complexity index is 880. The number of aromatic nitrogens is 2. The summed E-state index contributed by atoms with van der Waals surface area (Å²) in [6, 6.07) is 4.18. The highest BCUT2D eigenvalue weighted by Gasteiger charge is 2.32. The third kappa shape index (κ3) is 2.76. The number of rotatable bonds is 2. The van der Waals surface area contributed by atoms with Crippen molar-refractivity contribution >= 4 is 28.4 Å². The molecular formula is C19H25N5O2. The third-order valence-electron chi connectivity index (χ3n) is 5.60. The summed E-state index contributed by atoms with van der Waals surface area (Å²) in [6.07, 6.45) is 0.889. The number of piperazine rings is 1. The van der Waals surface area contributed by atoms with E-state index in [2.05, 4.69) is 41.2 Å². The Morgan fingerprint density at radius 1 is 1.12 bits per heavy atom. The van der Waals surface area contributed by atoms with Crippen LogP contribution in [0.4, 0.5) is 5.69 Å². The van der Waals surface area contributed by atoms with E-state index in [1.807, 2.05) is 11.7 Å². The molecule has 0 aliphatic carbocycles. The molecular weight excluding hydrogens is 330 g/mol. The van der Waals surface area contributed by atoms with Crippen LogP contribution >= 0.6 is 0 Å². The van der Waals surface area contributed by atoms with Crippen LogP contribution in [0.5, 0.6) is 0 Å². The molecule has 1 N–H and O–H groups in total. The van der Waals surface area contributed by atoms with Gasteiger partial charge in [-0.05, 0) is 26.0 Å². The first kappa shape index (κ1) is 17.0. The van der Waals surface area contributed by atoms with Gasteiger partial charge in [-0.3, -0.25) is 19.6 Å². The lowest BCUT2D eigenvalue weighted by Gasteiger charge is -2.35. The Hall–Kier alpha value is -2.41. The first-order chi connectivity index (χ1) is 12.5. The van der Waals surface area contributed by atoms with E-state index >= 15 is 0 Å². The first-order valence-electron chi connectivity index (χ1n) is 9.19. The monoisotopic (exact) mass is 355 g/mol. The van der Waals surface area contributed by atoms with Crippen molar-refractivity contribution in [1.82, 2.24) is 20.0 Å². The molecule has 2 aliphatic heterocycles. The predicted molar refractivity (Wildman–Crippen MR) is 100 cm³/mol. The second-order valence-electron chi connectivity index (χ2n) is 7.43. The number of nitrogens with one attached hydrogen (secondary N) is 1. The Balaban J connectivity index is 1.80. The number of hydrogen-bond acceptors (Lipinski definition) is 5. The van der Waals surface area contributed by atoms with Crippen LogP contribution in [0.3, 0.4) is 0 Å². The van der Waals surface area contributed by atoms with Gasteiger partial charge in [0.15, 0.2) is 0 Å². The fourth-order valence-corrected chi connectivity index (χ4v) is 4.12. The van der Waals surface area contributed by atoms with Gasteiger partial charge in [-0.2, -0.15) is 5.10 Å². The quantitative estimate of drug-likeness (QED) is 0.819. The molecule has 0 spiro atoms. The molecule has 2 aliphatic rings. The minimum atomic E-state index is -0.362. The van der Waals surface area contributed by atoms with Crippen LogP contribution in [0.15, 0.2) is 12.1 Å². The molecule has 1 aromatic carbocycles.